The molecule has 3 rings (SSSR count). The van der Waals surface area contributed by atoms with E-state index in [1.165, 1.54) is 7.11 Å². The van der Waals surface area contributed by atoms with Gasteiger partial charge in [-0.25, -0.2) is 9.78 Å². The van der Waals surface area contributed by atoms with Crippen LogP contribution in [0.25, 0.3) is 16.9 Å². The maximum atomic E-state index is 12.2. The van der Waals surface area contributed by atoms with Gasteiger partial charge in [-0.05, 0) is 40.5 Å². The number of rotatable bonds is 3. The van der Waals surface area contributed by atoms with E-state index in [0.717, 1.165) is 5.56 Å². The van der Waals surface area contributed by atoms with Crippen molar-refractivity contribution >= 4 is 44.9 Å². The number of aromatic nitrogens is 2. The molecular formula is C17H12BrClN2O3. The summed E-state index contributed by atoms with van der Waals surface area (Å²) in [6.07, 6.45) is 3.59. The van der Waals surface area contributed by atoms with E-state index in [1.807, 2.05) is 24.4 Å². The third kappa shape index (κ3) is 2.83. The smallest absolute Gasteiger partial charge is 0.379 e. The number of carbonyl (C=O) groups excluding carboxylic acids is 2. The van der Waals surface area contributed by atoms with Gasteiger partial charge in [0.15, 0.2) is 5.65 Å². The molecule has 0 aliphatic heterocycles. The minimum absolute atomic E-state index is 0.248. The number of ketones is 1. The quantitative estimate of drug-likeness (QED) is 0.373. The standard InChI is InChI=1S/C17H12BrClN2O3/c1-9-7-21-8-12(10-4-3-5-11(19)6-10)20-16(21)14(18)13(9)15(22)17(23)24-2/h3-8H,1-2H3. The summed E-state index contributed by atoms with van der Waals surface area (Å²) < 4.78 is 6.77. The third-order valence-electron chi connectivity index (χ3n) is 3.59. The molecule has 0 aliphatic carbocycles. The molecule has 122 valence electrons. The molecule has 0 fully saturated rings. The van der Waals surface area contributed by atoms with Crippen molar-refractivity contribution in [2.75, 3.05) is 7.11 Å². The van der Waals surface area contributed by atoms with Crippen LogP contribution in [-0.2, 0) is 9.53 Å². The topological polar surface area (TPSA) is 60.7 Å². The highest BCUT2D eigenvalue weighted by Crippen LogP contribution is 2.29. The zero-order valence-corrected chi connectivity index (χ0v) is 15.2. The molecule has 0 saturated carbocycles. The molecule has 0 radical (unpaired) electrons. The number of halogens is 2. The third-order valence-corrected chi connectivity index (χ3v) is 4.58. The normalized spacial score (nSPS) is 10.8. The van der Waals surface area contributed by atoms with Gasteiger partial charge < -0.3 is 9.14 Å². The molecule has 0 atom stereocenters. The second-order valence-electron chi connectivity index (χ2n) is 5.19. The van der Waals surface area contributed by atoms with Crippen molar-refractivity contribution in [3.8, 4) is 11.3 Å². The van der Waals surface area contributed by atoms with E-state index in [2.05, 4.69) is 25.7 Å². The van der Waals surface area contributed by atoms with Crippen LogP contribution in [-0.4, -0.2) is 28.2 Å². The monoisotopic (exact) mass is 406 g/mol. The number of aryl methyl sites for hydroxylation is 1. The van der Waals surface area contributed by atoms with Crippen LogP contribution in [0.3, 0.4) is 0 Å². The Bertz CT molecular complexity index is 981. The maximum absolute atomic E-state index is 12.2. The number of pyridine rings is 1. The largest absolute Gasteiger partial charge is 0.463 e. The molecule has 7 heteroatoms. The van der Waals surface area contributed by atoms with Gasteiger partial charge in [-0.2, -0.15) is 0 Å². The van der Waals surface area contributed by atoms with Crippen LogP contribution in [0.1, 0.15) is 15.9 Å². The predicted molar refractivity (Wildman–Crippen MR) is 94.4 cm³/mol. The van der Waals surface area contributed by atoms with Crippen molar-refractivity contribution in [1.82, 2.24) is 9.38 Å². The Hall–Kier alpha value is -2.18. The molecule has 0 aliphatic rings. The van der Waals surface area contributed by atoms with Crippen molar-refractivity contribution in [3.63, 3.8) is 0 Å². The minimum atomic E-state index is -0.912. The molecule has 0 spiro atoms. The Kier molecular flexibility index (Phi) is 4.43. The Labute approximate surface area is 151 Å². The van der Waals surface area contributed by atoms with E-state index in [4.69, 9.17) is 11.6 Å². The second-order valence-corrected chi connectivity index (χ2v) is 6.42. The van der Waals surface area contributed by atoms with E-state index in [1.54, 1.807) is 23.6 Å². The number of ether oxygens (including phenoxy) is 1. The van der Waals surface area contributed by atoms with E-state index in [-0.39, 0.29) is 5.56 Å². The van der Waals surface area contributed by atoms with E-state index < -0.39 is 11.8 Å². The molecule has 0 N–H and O–H groups in total. The van der Waals surface area contributed by atoms with E-state index in [9.17, 15) is 9.59 Å². The van der Waals surface area contributed by atoms with Crippen LogP contribution in [0.4, 0.5) is 0 Å². The van der Waals surface area contributed by atoms with Gasteiger partial charge in [0.1, 0.15) is 0 Å². The molecule has 5 nitrogen and oxygen atoms in total. The molecule has 2 heterocycles. The highest BCUT2D eigenvalue weighted by Gasteiger charge is 2.24. The summed E-state index contributed by atoms with van der Waals surface area (Å²) in [6.45, 7) is 1.75. The lowest BCUT2D eigenvalue weighted by atomic mass is 10.1. The lowest BCUT2D eigenvalue weighted by Crippen LogP contribution is -2.18. The lowest BCUT2D eigenvalue weighted by Gasteiger charge is -2.07. The number of nitrogens with zero attached hydrogens (tertiary/aromatic N) is 2. The number of fused-ring (bicyclic) bond motifs is 1. The number of hydrogen-bond acceptors (Lipinski definition) is 4. The van der Waals surface area contributed by atoms with Gasteiger partial charge in [-0.15, -0.1) is 0 Å². The highest BCUT2D eigenvalue weighted by atomic mass is 79.9. The van der Waals surface area contributed by atoms with Crippen LogP contribution >= 0.6 is 27.5 Å². The van der Waals surface area contributed by atoms with Crippen LogP contribution in [0.15, 0.2) is 41.1 Å². The number of carbonyl (C=O) groups is 2. The van der Waals surface area contributed by atoms with Crippen LogP contribution < -0.4 is 0 Å². The first-order valence-electron chi connectivity index (χ1n) is 6.98. The van der Waals surface area contributed by atoms with Gasteiger partial charge in [-0.1, -0.05) is 23.7 Å². The summed E-state index contributed by atoms with van der Waals surface area (Å²) in [5.74, 6) is -1.62. The number of imidazole rings is 1. The van der Waals surface area contributed by atoms with Crippen molar-refractivity contribution in [1.29, 1.82) is 0 Å². The molecule has 0 unspecified atom stereocenters. The molecule has 3 aromatic rings. The van der Waals surface area contributed by atoms with Gasteiger partial charge in [-0.3, -0.25) is 4.79 Å². The Balaban J connectivity index is 2.19. The summed E-state index contributed by atoms with van der Waals surface area (Å²) >= 11 is 9.42. The SMILES string of the molecule is COC(=O)C(=O)c1c(C)cn2cc(-c3cccc(Cl)c3)nc2c1Br. The number of hydrogen-bond donors (Lipinski definition) is 0. The van der Waals surface area contributed by atoms with E-state index in [0.29, 0.717) is 26.4 Å². The summed E-state index contributed by atoms with van der Waals surface area (Å²) in [5, 5.41) is 0.612. The Morgan fingerprint density at radius 3 is 2.71 bits per heavy atom. The summed E-state index contributed by atoms with van der Waals surface area (Å²) in [7, 11) is 1.18. The predicted octanol–water partition coefficient (Wildman–Crippen LogP) is 4.08. The van der Waals surface area contributed by atoms with Crippen molar-refractivity contribution in [2.45, 2.75) is 6.92 Å². The van der Waals surface area contributed by atoms with Gasteiger partial charge in [0.25, 0.3) is 5.78 Å². The molecule has 1 aromatic carbocycles. The number of methoxy groups -OCH3 is 1. The van der Waals surface area contributed by atoms with Crippen LogP contribution in [0, 0.1) is 6.92 Å². The van der Waals surface area contributed by atoms with Crippen molar-refractivity contribution < 1.29 is 14.3 Å². The molecule has 0 saturated heterocycles. The molecule has 2 aromatic heterocycles. The van der Waals surface area contributed by atoms with E-state index >= 15 is 0 Å². The summed E-state index contributed by atoms with van der Waals surface area (Å²) in [5.41, 5.74) is 2.98. The van der Waals surface area contributed by atoms with Crippen molar-refractivity contribution in [2.24, 2.45) is 0 Å². The number of esters is 1. The molecule has 24 heavy (non-hydrogen) atoms. The molecular weight excluding hydrogens is 396 g/mol. The summed E-state index contributed by atoms with van der Waals surface area (Å²) in [4.78, 5) is 28.4. The summed E-state index contributed by atoms with van der Waals surface area (Å²) in [6, 6.07) is 7.34. The zero-order chi connectivity index (χ0) is 17.4. The fourth-order valence-corrected chi connectivity index (χ4v) is 3.45. The van der Waals surface area contributed by atoms with Gasteiger partial charge >= 0.3 is 5.97 Å². The van der Waals surface area contributed by atoms with Crippen LogP contribution in [0.2, 0.25) is 5.02 Å². The highest BCUT2D eigenvalue weighted by molar-refractivity contribution is 9.10. The Morgan fingerprint density at radius 2 is 2.04 bits per heavy atom. The van der Waals surface area contributed by atoms with Gasteiger partial charge in [0.05, 0.1) is 22.8 Å². The van der Waals surface area contributed by atoms with Crippen LogP contribution in [0.5, 0.6) is 0 Å². The number of Topliss-reactive ketones (excluding diaryl/α,β-unsaturated/α-hetero) is 1. The lowest BCUT2D eigenvalue weighted by molar-refractivity contribution is -0.135. The first-order chi connectivity index (χ1) is 11.4. The average molecular weight is 408 g/mol. The van der Waals surface area contributed by atoms with Crippen molar-refractivity contribution in [3.05, 3.63) is 57.3 Å². The van der Waals surface area contributed by atoms with Gasteiger partial charge in [0, 0.05) is 23.0 Å². The molecule has 0 amide bonds. The first-order valence-corrected chi connectivity index (χ1v) is 8.16. The fourth-order valence-electron chi connectivity index (χ4n) is 2.47. The fraction of sp³-hybridized carbons (Fsp3) is 0.118. The van der Waals surface area contributed by atoms with Gasteiger partial charge in [0.2, 0.25) is 0 Å². The zero-order valence-electron chi connectivity index (χ0n) is 12.8. The minimum Gasteiger partial charge on any atom is -0.463 e. The number of benzene rings is 1. The average Bonchev–Trinajstić information content (AvgIpc) is 2.98. The molecule has 0 bridgehead atoms. The first kappa shape index (κ1) is 16.7. The Morgan fingerprint density at radius 1 is 1.29 bits per heavy atom. The second kappa shape index (κ2) is 6.37. The maximum Gasteiger partial charge on any atom is 0.379 e.